The van der Waals surface area contributed by atoms with Crippen LogP contribution in [0, 0.1) is 0 Å². The summed E-state index contributed by atoms with van der Waals surface area (Å²) in [5.41, 5.74) is 8.12. The Labute approximate surface area is 132 Å². The first-order chi connectivity index (χ1) is 10.7. The van der Waals surface area contributed by atoms with E-state index in [-0.39, 0.29) is 0 Å². The fraction of sp³-hybridized carbons (Fsp3) is 0.278. The Balaban J connectivity index is 1.82. The third kappa shape index (κ3) is 4.81. The van der Waals surface area contributed by atoms with E-state index in [2.05, 4.69) is 29.4 Å². The number of benzene rings is 2. The Morgan fingerprint density at radius 3 is 2.45 bits per heavy atom. The Hall–Kier alpha value is -2.49. The van der Waals surface area contributed by atoms with E-state index in [1.165, 1.54) is 5.56 Å². The molecule has 1 atom stereocenters. The minimum atomic E-state index is 0.430. The summed E-state index contributed by atoms with van der Waals surface area (Å²) in [4.78, 5) is 4.38. The Kier molecular flexibility index (Phi) is 5.83. The van der Waals surface area contributed by atoms with Crippen molar-refractivity contribution in [2.75, 3.05) is 19.0 Å². The van der Waals surface area contributed by atoms with Gasteiger partial charge in [0.25, 0.3) is 0 Å². The topological polar surface area (TPSA) is 59.6 Å². The number of guanidine groups is 1. The monoisotopic (exact) mass is 297 g/mol. The lowest BCUT2D eigenvalue weighted by atomic mass is 9.98. The number of para-hydroxylation sites is 1. The molecule has 116 valence electrons. The van der Waals surface area contributed by atoms with Crippen molar-refractivity contribution in [3.63, 3.8) is 0 Å². The molecule has 0 aliphatic rings. The van der Waals surface area contributed by atoms with Gasteiger partial charge in [-0.15, -0.1) is 0 Å². The zero-order chi connectivity index (χ0) is 15.8. The lowest BCUT2D eigenvalue weighted by Crippen LogP contribution is -2.22. The molecule has 2 aromatic rings. The van der Waals surface area contributed by atoms with E-state index in [0.717, 1.165) is 17.9 Å². The van der Waals surface area contributed by atoms with Crippen LogP contribution in [0.4, 0.5) is 5.69 Å². The van der Waals surface area contributed by atoms with Crippen LogP contribution < -0.4 is 15.8 Å². The van der Waals surface area contributed by atoms with Crippen molar-refractivity contribution in [2.24, 2.45) is 10.7 Å². The number of aliphatic imine (C=N–C) groups is 1. The van der Waals surface area contributed by atoms with Crippen LogP contribution >= 0.6 is 0 Å². The van der Waals surface area contributed by atoms with E-state index in [1.54, 1.807) is 7.11 Å². The molecule has 0 aliphatic carbocycles. The van der Waals surface area contributed by atoms with Crippen molar-refractivity contribution >= 4 is 11.6 Å². The maximum atomic E-state index is 5.89. The first-order valence-electron chi connectivity index (χ1n) is 7.45. The van der Waals surface area contributed by atoms with Crippen LogP contribution in [0.3, 0.4) is 0 Å². The van der Waals surface area contributed by atoms with Crippen LogP contribution in [0.2, 0.25) is 0 Å². The molecular weight excluding hydrogens is 274 g/mol. The van der Waals surface area contributed by atoms with Crippen molar-refractivity contribution in [1.82, 2.24) is 0 Å². The molecular formula is C18H23N3O. The van der Waals surface area contributed by atoms with Gasteiger partial charge in [-0.1, -0.05) is 37.3 Å². The van der Waals surface area contributed by atoms with Gasteiger partial charge < -0.3 is 15.8 Å². The summed E-state index contributed by atoms with van der Waals surface area (Å²) < 4.78 is 5.17. The standard InChI is InChI=1S/C18H23N3O/c1-14(15-8-10-17(22-2)11-9-15)12-13-20-18(19)21-16-6-4-3-5-7-16/h3-11,14H,12-13H2,1-2H3,(H3,19,20,21). The average Bonchev–Trinajstić information content (AvgIpc) is 2.55. The zero-order valence-corrected chi connectivity index (χ0v) is 13.1. The molecule has 0 aromatic heterocycles. The van der Waals surface area contributed by atoms with Gasteiger partial charge in [0.2, 0.25) is 0 Å². The molecule has 0 heterocycles. The molecule has 3 N–H and O–H groups in total. The van der Waals surface area contributed by atoms with Crippen molar-refractivity contribution in [1.29, 1.82) is 0 Å². The van der Waals surface area contributed by atoms with Gasteiger partial charge in [0.15, 0.2) is 5.96 Å². The molecule has 0 saturated carbocycles. The van der Waals surface area contributed by atoms with Gasteiger partial charge in [-0.05, 0) is 42.2 Å². The van der Waals surface area contributed by atoms with Crippen molar-refractivity contribution in [2.45, 2.75) is 19.3 Å². The Morgan fingerprint density at radius 2 is 1.82 bits per heavy atom. The molecule has 0 amide bonds. The molecule has 0 radical (unpaired) electrons. The largest absolute Gasteiger partial charge is 0.497 e. The highest BCUT2D eigenvalue weighted by molar-refractivity contribution is 5.92. The van der Waals surface area contributed by atoms with Crippen LogP contribution in [0.15, 0.2) is 59.6 Å². The molecule has 4 heteroatoms. The molecule has 0 saturated heterocycles. The Morgan fingerprint density at radius 1 is 1.14 bits per heavy atom. The van der Waals surface area contributed by atoms with E-state index >= 15 is 0 Å². The van der Waals surface area contributed by atoms with Crippen molar-refractivity contribution < 1.29 is 4.74 Å². The summed E-state index contributed by atoms with van der Waals surface area (Å²) in [6.07, 6.45) is 0.948. The van der Waals surface area contributed by atoms with E-state index in [9.17, 15) is 0 Å². The molecule has 2 rings (SSSR count). The lowest BCUT2D eigenvalue weighted by Gasteiger charge is -2.11. The summed E-state index contributed by atoms with van der Waals surface area (Å²) in [6, 6.07) is 18.0. The van der Waals surface area contributed by atoms with Crippen LogP contribution in [0.25, 0.3) is 0 Å². The quantitative estimate of drug-likeness (QED) is 0.632. The van der Waals surface area contributed by atoms with Gasteiger partial charge in [0, 0.05) is 12.2 Å². The number of anilines is 1. The summed E-state index contributed by atoms with van der Waals surface area (Å²) in [6.45, 7) is 2.89. The number of rotatable bonds is 6. The molecule has 22 heavy (non-hydrogen) atoms. The average molecular weight is 297 g/mol. The van der Waals surface area contributed by atoms with Crippen LogP contribution in [0.5, 0.6) is 5.75 Å². The SMILES string of the molecule is COc1ccc(C(C)CCN=C(N)Nc2ccccc2)cc1. The zero-order valence-electron chi connectivity index (χ0n) is 13.1. The minimum absolute atomic E-state index is 0.430. The minimum Gasteiger partial charge on any atom is -0.497 e. The fourth-order valence-electron chi connectivity index (χ4n) is 2.19. The third-order valence-electron chi connectivity index (χ3n) is 3.58. The van der Waals surface area contributed by atoms with E-state index in [0.29, 0.717) is 18.4 Å². The third-order valence-corrected chi connectivity index (χ3v) is 3.58. The molecule has 1 unspecified atom stereocenters. The maximum Gasteiger partial charge on any atom is 0.193 e. The Bertz CT molecular complexity index is 593. The lowest BCUT2D eigenvalue weighted by molar-refractivity contribution is 0.414. The molecule has 0 aliphatic heterocycles. The van der Waals surface area contributed by atoms with E-state index < -0.39 is 0 Å². The molecule has 4 nitrogen and oxygen atoms in total. The van der Waals surface area contributed by atoms with Crippen LogP contribution in [-0.4, -0.2) is 19.6 Å². The molecule has 0 spiro atoms. The number of nitrogens with one attached hydrogen (secondary N) is 1. The second kappa shape index (κ2) is 8.08. The van der Waals surface area contributed by atoms with Gasteiger partial charge in [-0.2, -0.15) is 0 Å². The maximum absolute atomic E-state index is 5.89. The van der Waals surface area contributed by atoms with Gasteiger partial charge in [0.1, 0.15) is 5.75 Å². The van der Waals surface area contributed by atoms with Crippen LogP contribution in [-0.2, 0) is 0 Å². The van der Waals surface area contributed by atoms with E-state index in [1.807, 2.05) is 42.5 Å². The number of methoxy groups -OCH3 is 1. The normalized spacial score (nSPS) is 12.7. The number of ether oxygens (including phenoxy) is 1. The first-order valence-corrected chi connectivity index (χ1v) is 7.45. The van der Waals surface area contributed by atoms with E-state index in [4.69, 9.17) is 10.5 Å². The number of hydrogen-bond donors (Lipinski definition) is 2. The summed E-state index contributed by atoms with van der Waals surface area (Å²) >= 11 is 0. The smallest absolute Gasteiger partial charge is 0.193 e. The fourth-order valence-corrected chi connectivity index (χ4v) is 2.19. The predicted octanol–water partition coefficient (Wildman–Crippen LogP) is 3.62. The second-order valence-electron chi connectivity index (χ2n) is 5.22. The van der Waals surface area contributed by atoms with Gasteiger partial charge in [-0.25, -0.2) is 0 Å². The number of nitrogens with zero attached hydrogens (tertiary/aromatic N) is 1. The second-order valence-corrected chi connectivity index (χ2v) is 5.22. The summed E-state index contributed by atoms with van der Waals surface area (Å²) in [7, 11) is 1.68. The highest BCUT2D eigenvalue weighted by atomic mass is 16.5. The summed E-state index contributed by atoms with van der Waals surface area (Å²) in [5.74, 6) is 1.76. The first kappa shape index (κ1) is 15.9. The highest BCUT2D eigenvalue weighted by Crippen LogP contribution is 2.21. The summed E-state index contributed by atoms with van der Waals surface area (Å²) in [5, 5.41) is 3.08. The molecule has 0 fully saturated rings. The number of hydrogen-bond acceptors (Lipinski definition) is 2. The van der Waals surface area contributed by atoms with Gasteiger partial charge in [-0.3, -0.25) is 4.99 Å². The predicted molar refractivity (Wildman–Crippen MR) is 92.6 cm³/mol. The highest BCUT2D eigenvalue weighted by Gasteiger charge is 2.05. The van der Waals surface area contributed by atoms with Crippen molar-refractivity contribution in [3.05, 3.63) is 60.2 Å². The number of nitrogens with two attached hydrogens (primary N) is 1. The van der Waals surface area contributed by atoms with Gasteiger partial charge >= 0.3 is 0 Å². The van der Waals surface area contributed by atoms with Crippen LogP contribution in [0.1, 0.15) is 24.8 Å². The molecule has 2 aromatic carbocycles. The van der Waals surface area contributed by atoms with Crippen molar-refractivity contribution in [3.8, 4) is 5.75 Å². The van der Waals surface area contributed by atoms with Gasteiger partial charge in [0.05, 0.1) is 7.11 Å². The molecule has 0 bridgehead atoms.